The summed E-state index contributed by atoms with van der Waals surface area (Å²) in [6.45, 7) is 6.43. The van der Waals surface area contributed by atoms with Crippen LogP contribution in [-0.2, 0) is 20.7 Å². The quantitative estimate of drug-likeness (QED) is 0.355. The Balaban J connectivity index is 1.99. The van der Waals surface area contributed by atoms with Crippen LogP contribution in [0.25, 0.3) is 0 Å². The molecule has 1 aliphatic heterocycles. The maximum absolute atomic E-state index is 13.0. The van der Waals surface area contributed by atoms with Crippen LogP contribution in [0, 0.1) is 0 Å². The van der Waals surface area contributed by atoms with Crippen molar-refractivity contribution in [3.05, 3.63) is 77.9 Å². The van der Waals surface area contributed by atoms with Crippen LogP contribution >= 0.6 is 0 Å². The van der Waals surface area contributed by atoms with Crippen molar-refractivity contribution in [2.24, 2.45) is 4.99 Å². The van der Waals surface area contributed by atoms with Crippen molar-refractivity contribution in [3.63, 3.8) is 0 Å². The molecular weight excluding hydrogens is 394 g/mol. The molecule has 2 aromatic rings. The van der Waals surface area contributed by atoms with E-state index in [1.165, 1.54) is 7.11 Å². The fourth-order valence-corrected chi connectivity index (χ4v) is 3.77. The Labute approximate surface area is 183 Å². The van der Waals surface area contributed by atoms with Crippen molar-refractivity contribution >= 4 is 11.9 Å². The molecule has 0 spiro atoms. The first-order valence-electron chi connectivity index (χ1n) is 10.5. The number of ether oxygens (including phenoxy) is 3. The van der Waals surface area contributed by atoms with E-state index in [1.807, 2.05) is 48.5 Å². The molecule has 0 bridgehead atoms. The van der Waals surface area contributed by atoms with Crippen LogP contribution < -0.4 is 4.74 Å². The number of carbonyl (C=O) groups excluding carboxylic acids is 1. The zero-order valence-corrected chi connectivity index (χ0v) is 18.0. The van der Waals surface area contributed by atoms with Crippen LogP contribution in [-0.4, -0.2) is 42.8 Å². The average molecular weight is 424 g/mol. The smallest absolute Gasteiger partial charge is 0.338 e. The minimum atomic E-state index is -1.24. The lowest BCUT2D eigenvalue weighted by Gasteiger charge is -2.29. The molecule has 1 heterocycles. The van der Waals surface area contributed by atoms with Crippen LogP contribution in [0.1, 0.15) is 42.6 Å². The van der Waals surface area contributed by atoms with Gasteiger partial charge in [0.1, 0.15) is 5.75 Å². The van der Waals surface area contributed by atoms with Gasteiger partial charge < -0.3 is 19.3 Å². The number of esters is 1. The standard InChI is InChI=1S/C25H29NO5/c1-4-15-25(24(28)29-3)22(21-10-7-6-9-18(21)5-2)31-23(26-25)19-11-13-20(14-12-19)30-17-8-16-27/h4,6-7,9-14,22,27H,1,5,8,15-17H2,2-3H3/t22-,25-/m0/s1. The average Bonchev–Trinajstić information content (AvgIpc) is 3.19. The predicted octanol–water partition coefficient (Wildman–Crippen LogP) is 4.02. The molecule has 2 atom stereocenters. The van der Waals surface area contributed by atoms with Crippen LogP contribution in [0.3, 0.4) is 0 Å². The van der Waals surface area contributed by atoms with Gasteiger partial charge in [-0.05, 0) is 41.8 Å². The first-order valence-corrected chi connectivity index (χ1v) is 10.5. The summed E-state index contributed by atoms with van der Waals surface area (Å²) in [5, 5.41) is 8.89. The molecule has 2 aromatic carbocycles. The number of aliphatic hydroxyl groups is 1. The fraction of sp³-hybridized carbons (Fsp3) is 0.360. The maximum atomic E-state index is 13.0. The van der Waals surface area contributed by atoms with Gasteiger partial charge in [0.05, 0.1) is 13.7 Å². The van der Waals surface area contributed by atoms with E-state index in [9.17, 15) is 4.79 Å². The van der Waals surface area contributed by atoms with Crippen LogP contribution in [0.5, 0.6) is 5.75 Å². The number of benzene rings is 2. The van der Waals surface area contributed by atoms with Gasteiger partial charge in [0.25, 0.3) is 0 Å². The second-order valence-corrected chi connectivity index (χ2v) is 7.33. The first kappa shape index (κ1) is 22.6. The molecule has 1 aliphatic rings. The number of aliphatic imine (C=N–C) groups is 1. The summed E-state index contributed by atoms with van der Waals surface area (Å²) in [4.78, 5) is 17.8. The number of nitrogens with zero attached hydrogens (tertiary/aromatic N) is 1. The van der Waals surface area contributed by atoms with Crippen molar-refractivity contribution in [3.8, 4) is 5.75 Å². The molecule has 0 aromatic heterocycles. The third-order valence-electron chi connectivity index (χ3n) is 5.35. The van der Waals surface area contributed by atoms with Gasteiger partial charge in [0, 0.05) is 25.0 Å². The van der Waals surface area contributed by atoms with Crippen LogP contribution in [0.4, 0.5) is 0 Å². The molecule has 3 rings (SSSR count). The molecule has 0 fully saturated rings. The summed E-state index contributed by atoms with van der Waals surface area (Å²) < 4.78 is 17.1. The zero-order chi connectivity index (χ0) is 22.3. The van der Waals surface area contributed by atoms with E-state index in [-0.39, 0.29) is 13.0 Å². The lowest BCUT2D eigenvalue weighted by atomic mass is 9.83. The third-order valence-corrected chi connectivity index (χ3v) is 5.35. The molecule has 0 radical (unpaired) electrons. The summed E-state index contributed by atoms with van der Waals surface area (Å²) in [6, 6.07) is 15.2. The van der Waals surface area contributed by atoms with Gasteiger partial charge in [0.15, 0.2) is 6.10 Å². The molecule has 6 heteroatoms. The summed E-state index contributed by atoms with van der Waals surface area (Å²) in [5.74, 6) is 0.612. The first-order chi connectivity index (χ1) is 15.1. The minimum absolute atomic E-state index is 0.0856. The Kier molecular flexibility index (Phi) is 7.47. The van der Waals surface area contributed by atoms with Gasteiger partial charge >= 0.3 is 5.97 Å². The number of carbonyl (C=O) groups is 1. The Bertz CT molecular complexity index is 937. The number of rotatable bonds is 10. The van der Waals surface area contributed by atoms with Gasteiger partial charge in [-0.1, -0.05) is 37.3 Å². The SMILES string of the molecule is C=CC[C@]1(C(=O)OC)N=C(c2ccc(OCCCO)cc2)O[C@H]1c1ccccc1CC. The van der Waals surface area contributed by atoms with Gasteiger partial charge in [-0.25, -0.2) is 9.79 Å². The van der Waals surface area contributed by atoms with Crippen molar-refractivity contribution in [1.29, 1.82) is 0 Å². The molecule has 0 amide bonds. The molecule has 0 saturated carbocycles. The Morgan fingerprint density at radius 3 is 2.65 bits per heavy atom. The molecule has 6 nitrogen and oxygen atoms in total. The number of aliphatic hydroxyl groups excluding tert-OH is 1. The Morgan fingerprint density at radius 1 is 1.26 bits per heavy atom. The number of hydrogen-bond donors (Lipinski definition) is 1. The van der Waals surface area contributed by atoms with Crippen molar-refractivity contribution in [1.82, 2.24) is 0 Å². The normalized spacial score (nSPS) is 20.0. The van der Waals surface area contributed by atoms with E-state index >= 15 is 0 Å². The van der Waals surface area contributed by atoms with E-state index in [2.05, 4.69) is 13.5 Å². The van der Waals surface area contributed by atoms with Gasteiger partial charge in [-0.15, -0.1) is 6.58 Å². The summed E-state index contributed by atoms with van der Waals surface area (Å²) >= 11 is 0. The van der Waals surface area contributed by atoms with Gasteiger partial charge in [0.2, 0.25) is 11.4 Å². The topological polar surface area (TPSA) is 77.4 Å². The maximum Gasteiger partial charge on any atom is 0.338 e. The second kappa shape index (κ2) is 10.3. The lowest BCUT2D eigenvalue weighted by Crippen LogP contribution is -2.41. The highest BCUT2D eigenvalue weighted by Gasteiger charge is 2.54. The van der Waals surface area contributed by atoms with Gasteiger partial charge in [-0.2, -0.15) is 0 Å². The molecule has 0 unspecified atom stereocenters. The minimum Gasteiger partial charge on any atom is -0.494 e. The van der Waals surface area contributed by atoms with E-state index in [0.717, 1.165) is 23.1 Å². The molecule has 0 aliphatic carbocycles. The molecular formula is C25H29NO5. The summed E-state index contributed by atoms with van der Waals surface area (Å²) in [7, 11) is 1.36. The van der Waals surface area contributed by atoms with Crippen LogP contribution in [0.15, 0.2) is 66.2 Å². The van der Waals surface area contributed by atoms with Gasteiger partial charge in [-0.3, -0.25) is 0 Å². The van der Waals surface area contributed by atoms with Crippen LogP contribution in [0.2, 0.25) is 0 Å². The summed E-state index contributed by atoms with van der Waals surface area (Å²) in [5.41, 5.74) is 1.50. The lowest BCUT2D eigenvalue weighted by molar-refractivity contribution is -0.149. The van der Waals surface area contributed by atoms with Crippen molar-refractivity contribution in [2.45, 2.75) is 37.8 Å². The highest BCUT2D eigenvalue weighted by atomic mass is 16.5. The monoisotopic (exact) mass is 423 g/mol. The molecule has 1 N–H and O–H groups in total. The van der Waals surface area contributed by atoms with E-state index in [1.54, 1.807) is 6.08 Å². The third kappa shape index (κ3) is 4.64. The molecule has 0 saturated heterocycles. The molecule has 31 heavy (non-hydrogen) atoms. The van der Waals surface area contributed by atoms with Crippen molar-refractivity contribution < 1.29 is 24.1 Å². The van der Waals surface area contributed by atoms with E-state index in [4.69, 9.17) is 24.3 Å². The second-order valence-electron chi connectivity index (χ2n) is 7.33. The highest BCUT2D eigenvalue weighted by molar-refractivity contribution is 6.00. The molecule has 164 valence electrons. The fourth-order valence-electron chi connectivity index (χ4n) is 3.77. The zero-order valence-electron chi connectivity index (χ0n) is 18.0. The number of hydrogen-bond acceptors (Lipinski definition) is 6. The number of aryl methyl sites for hydroxylation is 1. The largest absolute Gasteiger partial charge is 0.494 e. The number of methoxy groups -OCH3 is 1. The van der Waals surface area contributed by atoms with E-state index in [0.29, 0.717) is 24.7 Å². The Hall–Kier alpha value is -3.12. The predicted molar refractivity (Wildman–Crippen MR) is 119 cm³/mol. The highest BCUT2D eigenvalue weighted by Crippen LogP contribution is 2.44. The van der Waals surface area contributed by atoms with Crippen molar-refractivity contribution in [2.75, 3.05) is 20.3 Å². The summed E-state index contributed by atoms with van der Waals surface area (Å²) in [6.07, 6.45) is 2.71. The Morgan fingerprint density at radius 2 is 2.00 bits per heavy atom. The van der Waals surface area contributed by atoms with E-state index < -0.39 is 17.6 Å².